The molecular weight excluding hydrogens is 342 g/mol. The molecule has 4 rings (SSSR count). The van der Waals surface area contributed by atoms with Crippen molar-refractivity contribution in [1.82, 2.24) is 14.8 Å². The highest BCUT2D eigenvalue weighted by molar-refractivity contribution is 5.86. The molecule has 0 spiro atoms. The van der Waals surface area contributed by atoms with Crippen molar-refractivity contribution < 1.29 is 18.7 Å². The first kappa shape index (κ1) is 18.3. The lowest BCUT2D eigenvalue weighted by Gasteiger charge is -2.21. The van der Waals surface area contributed by atoms with Crippen LogP contribution in [0.1, 0.15) is 35.5 Å². The Morgan fingerprint density at radius 3 is 2.50 bits per heavy atom. The minimum atomic E-state index is -2.49. The van der Waals surface area contributed by atoms with Crippen molar-refractivity contribution in [2.75, 3.05) is 18.0 Å². The summed E-state index contributed by atoms with van der Waals surface area (Å²) in [6.07, 6.45) is 2.77. The van der Waals surface area contributed by atoms with Gasteiger partial charge in [-0.2, -0.15) is 5.10 Å². The molecule has 2 aromatic heterocycles. The fourth-order valence-corrected chi connectivity index (χ4v) is 3.35. The monoisotopic (exact) mass is 364 g/mol. The Kier molecular flexibility index (Phi) is 4.68. The number of piperidine rings is 1. The number of carboxylic acid groups (broad SMARTS) is 1. The van der Waals surface area contributed by atoms with E-state index in [0.29, 0.717) is 25.5 Å². The zero-order valence-electron chi connectivity index (χ0n) is 15.0. The van der Waals surface area contributed by atoms with Crippen molar-refractivity contribution in [2.45, 2.75) is 33.2 Å². The van der Waals surface area contributed by atoms with Gasteiger partial charge in [-0.15, -0.1) is 0 Å². The van der Waals surface area contributed by atoms with Crippen LogP contribution in [-0.4, -0.2) is 44.9 Å². The van der Waals surface area contributed by atoms with Crippen molar-refractivity contribution in [1.29, 1.82) is 0 Å². The molecule has 140 valence electrons. The Morgan fingerprint density at radius 2 is 1.96 bits per heavy atom. The summed E-state index contributed by atoms with van der Waals surface area (Å²) >= 11 is 0. The van der Waals surface area contributed by atoms with Gasteiger partial charge in [-0.3, -0.25) is 4.68 Å². The summed E-state index contributed by atoms with van der Waals surface area (Å²) < 4.78 is 28.1. The van der Waals surface area contributed by atoms with Crippen LogP contribution in [0.15, 0.2) is 24.5 Å². The van der Waals surface area contributed by atoms with Crippen LogP contribution in [0.3, 0.4) is 0 Å². The van der Waals surface area contributed by atoms with Crippen LogP contribution in [0.25, 0.3) is 0 Å². The number of hydrogen-bond donors (Lipinski definition) is 1. The van der Waals surface area contributed by atoms with Crippen LogP contribution in [0.5, 0.6) is 0 Å². The summed E-state index contributed by atoms with van der Waals surface area (Å²) in [5.74, 6) is -3.86. The maximum Gasteiger partial charge on any atom is 0.338 e. The molecule has 1 saturated carbocycles. The Labute approximate surface area is 150 Å². The molecule has 2 aromatic rings. The average Bonchev–Trinajstić information content (AvgIpc) is 3.08. The average molecular weight is 364 g/mol. The second-order valence-corrected chi connectivity index (χ2v) is 6.44. The molecule has 1 aliphatic heterocycles. The molecule has 2 atom stereocenters. The first-order chi connectivity index (χ1) is 12.4. The fourth-order valence-electron chi connectivity index (χ4n) is 3.35. The highest BCUT2D eigenvalue weighted by Gasteiger charge is 2.71. The van der Waals surface area contributed by atoms with Gasteiger partial charge >= 0.3 is 5.97 Å². The number of nitrogens with zero attached hydrogens (tertiary/aromatic N) is 4. The second-order valence-electron chi connectivity index (χ2n) is 6.44. The molecule has 6 nitrogen and oxygen atoms in total. The van der Waals surface area contributed by atoms with E-state index in [0.717, 1.165) is 11.3 Å². The summed E-state index contributed by atoms with van der Waals surface area (Å²) in [6, 6.07) is 3.72. The van der Waals surface area contributed by atoms with Crippen LogP contribution in [0, 0.1) is 18.8 Å². The summed E-state index contributed by atoms with van der Waals surface area (Å²) in [7, 11) is 0. The number of rotatable bonds is 4. The van der Waals surface area contributed by atoms with Crippen molar-refractivity contribution in [2.24, 2.45) is 11.8 Å². The van der Waals surface area contributed by atoms with Gasteiger partial charge in [0.05, 0.1) is 30.1 Å². The van der Waals surface area contributed by atoms with E-state index in [1.54, 1.807) is 4.68 Å². The number of anilines is 1. The molecule has 0 aromatic carbocycles. The molecule has 3 heterocycles. The zero-order valence-corrected chi connectivity index (χ0v) is 15.0. The van der Waals surface area contributed by atoms with Crippen LogP contribution >= 0.6 is 0 Å². The van der Waals surface area contributed by atoms with Gasteiger partial charge < -0.3 is 10.0 Å². The molecule has 2 unspecified atom stereocenters. The number of halogens is 2. The van der Waals surface area contributed by atoms with Gasteiger partial charge in [0.15, 0.2) is 0 Å². The maximum absolute atomic E-state index is 13.3. The van der Waals surface area contributed by atoms with Crippen molar-refractivity contribution >= 4 is 11.8 Å². The second kappa shape index (κ2) is 6.66. The van der Waals surface area contributed by atoms with Gasteiger partial charge in [-0.05, 0) is 18.6 Å². The van der Waals surface area contributed by atoms with E-state index in [-0.39, 0.29) is 5.56 Å². The van der Waals surface area contributed by atoms with Gasteiger partial charge in [0.1, 0.15) is 5.82 Å². The normalized spacial score (nSPS) is 22.4. The van der Waals surface area contributed by atoms with Gasteiger partial charge in [0, 0.05) is 25.0 Å². The summed E-state index contributed by atoms with van der Waals surface area (Å²) in [6.45, 7) is 6.97. The highest BCUT2D eigenvalue weighted by Crippen LogP contribution is 2.59. The molecule has 2 aliphatic rings. The lowest BCUT2D eigenvalue weighted by Crippen LogP contribution is -2.28. The quantitative estimate of drug-likeness (QED) is 0.903. The predicted octanol–water partition coefficient (Wildman–Crippen LogP) is 3.06. The Hall–Kier alpha value is -2.51. The SMILES string of the molecule is CC.Cc1nc(N2CC3C(C2)C3(F)F)ccc1Cn1cc(C(=O)O)cn1. The number of carbonyl (C=O) groups is 1. The number of fused-ring (bicyclic) bond motifs is 1. The number of pyridine rings is 1. The van der Waals surface area contributed by atoms with E-state index in [1.807, 2.05) is 37.8 Å². The van der Waals surface area contributed by atoms with Crippen molar-refractivity contribution in [3.63, 3.8) is 0 Å². The van der Waals surface area contributed by atoms with Crippen molar-refractivity contribution in [3.05, 3.63) is 41.3 Å². The third-order valence-electron chi connectivity index (χ3n) is 4.92. The Bertz CT molecular complexity index is 807. The molecule has 0 radical (unpaired) electrons. The molecule has 1 saturated heterocycles. The van der Waals surface area contributed by atoms with Gasteiger partial charge in [0.2, 0.25) is 0 Å². The zero-order chi connectivity index (χ0) is 19.1. The lowest BCUT2D eigenvalue weighted by atomic mass is 10.2. The van der Waals surface area contributed by atoms with E-state index in [2.05, 4.69) is 10.1 Å². The van der Waals surface area contributed by atoms with E-state index < -0.39 is 23.7 Å². The van der Waals surface area contributed by atoms with E-state index in [1.165, 1.54) is 12.4 Å². The number of aryl methyl sites for hydroxylation is 1. The molecule has 1 N–H and O–H groups in total. The van der Waals surface area contributed by atoms with Crippen LogP contribution in [-0.2, 0) is 6.54 Å². The Morgan fingerprint density at radius 1 is 1.31 bits per heavy atom. The summed E-state index contributed by atoms with van der Waals surface area (Å²) in [4.78, 5) is 17.3. The molecule has 26 heavy (non-hydrogen) atoms. The largest absolute Gasteiger partial charge is 0.478 e. The number of carboxylic acids is 1. The standard InChI is InChI=1S/C16H16F2N4O2.C2H6/c1-9-10(5-22-6-11(4-19-22)15(23)24)2-3-14(20-9)21-7-12-13(8-21)16(12,17)18;1-2/h2-4,6,12-13H,5,7-8H2,1H3,(H,23,24);1-2H3. The third kappa shape index (κ3) is 3.15. The number of hydrogen-bond acceptors (Lipinski definition) is 4. The first-order valence-electron chi connectivity index (χ1n) is 8.71. The lowest BCUT2D eigenvalue weighted by molar-refractivity contribution is 0.0696. The number of alkyl halides is 2. The molecule has 1 aliphatic carbocycles. The van der Waals surface area contributed by atoms with Gasteiger partial charge in [-0.1, -0.05) is 19.9 Å². The highest BCUT2D eigenvalue weighted by atomic mass is 19.3. The molecule has 0 bridgehead atoms. The van der Waals surface area contributed by atoms with Crippen molar-refractivity contribution in [3.8, 4) is 0 Å². The van der Waals surface area contributed by atoms with Gasteiger partial charge in [-0.25, -0.2) is 18.6 Å². The maximum atomic E-state index is 13.3. The first-order valence-corrected chi connectivity index (χ1v) is 8.71. The molecule has 2 fully saturated rings. The smallest absolute Gasteiger partial charge is 0.338 e. The van der Waals surface area contributed by atoms with Crippen LogP contribution in [0.4, 0.5) is 14.6 Å². The molecule has 0 amide bonds. The van der Waals surface area contributed by atoms with E-state index in [4.69, 9.17) is 5.11 Å². The predicted molar refractivity (Wildman–Crippen MR) is 92.8 cm³/mol. The van der Waals surface area contributed by atoms with E-state index in [9.17, 15) is 13.6 Å². The fraction of sp³-hybridized carbons (Fsp3) is 0.500. The Balaban J connectivity index is 0.000000948. The summed E-state index contributed by atoms with van der Waals surface area (Å²) in [5, 5.41) is 12.9. The molecular formula is C18H22F2N4O2. The van der Waals surface area contributed by atoms with Gasteiger partial charge in [0.25, 0.3) is 5.92 Å². The van der Waals surface area contributed by atoms with Crippen LogP contribution in [0.2, 0.25) is 0 Å². The number of aromatic nitrogens is 3. The minimum Gasteiger partial charge on any atom is -0.478 e. The third-order valence-corrected chi connectivity index (χ3v) is 4.92. The molecule has 8 heteroatoms. The number of aromatic carboxylic acids is 1. The van der Waals surface area contributed by atoms with E-state index >= 15 is 0 Å². The minimum absolute atomic E-state index is 0.134. The van der Waals surface area contributed by atoms with Crippen LogP contribution < -0.4 is 4.90 Å². The topological polar surface area (TPSA) is 71.2 Å². The summed E-state index contributed by atoms with van der Waals surface area (Å²) in [5.41, 5.74) is 1.83.